The summed E-state index contributed by atoms with van der Waals surface area (Å²) in [7, 11) is 0. The Morgan fingerprint density at radius 3 is 2.39 bits per heavy atom. The van der Waals surface area contributed by atoms with E-state index in [1.165, 1.54) is 11.8 Å². The Hall–Kier alpha value is -3.51. The molecule has 4 aromatic rings. The van der Waals surface area contributed by atoms with Crippen LogP contribution in [0.4, 0.5) is 5.69 Å². The Kier molecular flexibility index (Phi) is 5.57. The number of aromatic nitrogens is 3. The lowest BCUT2D eigenvalue weighted by atomic mass is 10.0. The van der Waals surface area contributed by atoms with E-state index in [1.807, 2.05) is 31.2 Å². The zero-order valence-corrected chi connectivity index (χ0v) is 18.1. The summed E-state index contributed by atoms with van der Waals surface area (Å²) >= 11 is 6.62. The monoisotopic (exact) mass is 432 g/mol. The number of nitrogens with one attached hydrogen (secondary N) is 1. The molecule has 2 heterocycles. The lowest BCUT2D eigenvalue weighted by molar-refractivity contribution is 0.102. The first-order chi connectivity index (χ1) is 14.9. The number of hydrogen-bond acceptors (Lipinski definition) is 4. The van der Waals surface area contributed by atoms with Crippen LogP contribution in [-0.4, -0.2) is 27.0 Å². The fourth-order valence-corrected chi connectivity index (χ4v) is 3.75. The van der Waals surface area contributed by atoms with Gasteiger partial charge in [0.25, 0.3) is 5.91 Å². The van der Waals surface area contributed by atoms with E-state index in [0.29, 0.717) is 38.9 Å². The fraction of sp³-hybridized carbons (Fsp3) is 0.167. The van der Waals surface area contributed by atoms with Crippen molar-refractivity contribution in [3.8, 4) is 5.69 Å². The van der Waals surface area contributed by atoms with E-state index in [2.05, 4.69) is 29.2 Å². The third-order valence-electron chi connectivity index (χ3n) is 5.16. The quantitative estimate of drug-likeness (QED) is 0.418. The van der Waals surface area contributed by atoms with Crippen LogP contribution < -0.4 is 5.32 Å². The van der Waals surface area contributed by atoms with Crippen LogP contribution >= 0.6 is 11.6 Å². The van der Waals surface area contributed by atoms with E-state index < -0.39 is 0 Å². The number of benzene rings is 2. The molecular formula is C24H21ClN4O2. The molecule has 6 nitrogen and oxygen atoms in total. The molecule has 1 amide bonds. The van der Waals surface area contributed by atoms with Gasteiger partial charge in [-0.25, -0.2) is 9.67 Å². The maximum atomic E-state index is 12.9. The molecule has 0 aliphatic heterocycles. The van der Waals surface area contributed by atoms with E-state index in [4.69, 9.17) is 11.6 Å². The molecule has 4 rings (SSSR count). The van der Waals surface area contributed by atoms with E-state index in [-0.39, 0.29) is 11.5 Å². The van der Waals surface area contributed by atoms with E-state index in [9.17, 15) is 9.59 Å². The van der Waals surface area contributed by atoms with Crippen molar-refractivity contribution < 1.29 is 9.59 Å². The summed E-state index contributed by atoms with van der Waals surface area (Å²) in [4.78, 5) is 28.2. The molecule has 0 unspecified atom stereocenters. The SMILES string of the molecule is Cc1nn(-c2ccc(C=O)cc2)c2ncc(C(=O)Nc3ccc(C(C)C)cc3)c(Cl)c12. The number of hydrogen-bond donors (Lipinski definition) is 1. The van der Waals surface area contributed by atoms with Crippen molar-refractivity contribution in [2.45, 2.75) is 26.7 Å². The zero-order valence-electron chi connectivity index (χ0n) is 17.4. The summed E-state index contributed by atoms with van der Waals surface area (Å²) in [5, 5.41) is 8.33. The first-order valence-electron chi connectivity index (χ1n) is 9.89. The van der Waals surface area contributed by atoms with Gasteiger partial charge < -0.3 is 5.32 Å². The first kappa shape index (κ1) is 20.8. The lowest BCUT2D eigenvalue weighted by Crippen LogP contribution is -2.13. The minimum atomic E-state index is -0.334. The minimum Gasteiger partial charge on any atom is -0.322 e. The number of rotatable bonds is 5. The van der Waals surface area contributed by atoms with Crippen LogP contribution in [0.2, 0.25) is 5.02 Å². The Morgan fingerprint density at radius 1 is 1.10 bits per heavy atom. The summed E-state index contributed by atoms with van der Waals surface area (Å²) in [6, 6.07) is 14.7. The van der Waals surface area contributed by atoms with Crippen molar-refractivity contribution in [1.29, 1.82) is 0 Å². The molecule has 0 aliphatic carbocycles. The van der Waals surface area contributed by atoms with Crippen LogP contribution in [0, 0.1) is 6.92 Å². The molecule has 0 bridgehead atoms. The van der Waals surface area contributed by atoms with E-state index in [0.717, 1.165) is 12.0 Å². The second kappa shape index (κ2) is 8.32. The average molecular weight is 433 g/mol. The van der Waals surface area contributed by atoms with Gasteiger partial charge in [0.1, 0.15) is 6.29 Å². The molecule has 0 spiro atoms. The molecule has 0 fully saturated rings. The van der Waals surface area contributed by atoms with Crippen LogP contribution in [0.1, 0.15) is 51.7 Å². The largest absolute Gasteiger partial charge is 0.322 e. The normalized spacial score (nSPS) is 11.1. The van der Waals surface area contributed by atoms with Crippen molar-refractivity contribution >= 4 is 40.5 Å². The Morgan fingerprint density at radius 2 is 1.77 bits per heavy atom. The Balaban J connectivity index is 1.68. The second-order valence-electron chi connectivity index (χ2n) is 7.62. The van der Waals surface area contributed by atoms with Gasteiger partial charge in [-0.15, -0.1) is 0 Å². The summed E-state index contributed by atoms with van der Waals surface area (Å²) in [5.41, 5.74) is 4.68. The summed E-state index contributed by atoms with van der Waals surface area (Å²) in [5.74, 6) is 0.0825. The molecule has 2 aromatic heterocycles. The number of aldehydes is 1. The highest BCUT2D eigenvalue weighted by Gasteiger charge is 2.20. The van der Waals surface area contributed by atoms with Gasteiger partial charge in [0, 0.05) is 17.4 Å². The fourth-order valence-electron chi connectivity index (χ4n) is 3.39. The van der Waals surface area contributed by atoms with Crippen LogP contribution in [0.5, 0.6) is 0 Å². The summed E-state index contributed by atoms with van der Waals surface area (Å²) < 4.78 is 1.65. The van der Waals surface area contributed by atoms with Crippen LogP contribution in [0.25, 0.3) is 16.7 Å². The minimum absolute atomic E-state index is 0.279. The van der Waals surface area contributed by atoms with E-state index in [1.54, 1.807) is 28.9 Å². The number of aryl methyl sites for hydroxylation is 1. The van der Waals surface area contributed by atoms with Crippen molar-refractivity contribution in [3.05, 3.63) is 82.1 Å². The molecule has 7 heteroatoms. The van der Waals surface area contributed by atoms with Gasteiger partial charge >= 0.3 is 0 Å². The highest BCUT2D eigenvalue weighted by molar-refractivity contribution is 6.39. The highest BCUT2D eigenvalue weighted by atomic mass is 35.5. The van der Waals surface area contributed by atoms with Gasteiger partial charge in [-0.05, 0) is 54.8 Å². The Labute approximate surface area is 184 Å². The number of carbonyl (C=O) groups excluding carboxylic acids is 2. The smallest absolute Gasteiger partial charge is 0.258 e. The molecule has 31 heavy (non-hydrogen) atoms. The Bertz CT molecular complexity index is 1280. The van der Waals surface area contributed by atoms with Crippen LogP contribution in [0.15, 0.2) is 54.7 Å². The number of amides is 1. The van der Waals surface area contributed by atoms with Gasteiger partial charge in [-0.3, -0.25) is 9.59 Å². The summed E-state index contributed by atoms with van der Waals surface area (Å²) in [6.45, 7) is 6.05. The van der Waals surface area contributed by atoms with Gasteiger partial charge in [-0.1, -0.05) is 37.6 Å². The first-order valence-corrected chi connectivity index (χ1v) is 10.3. The second-order valence-corrected chi connectivity index (χ2v) is 8.00. The number of pyridine rings is 1. The van der Waals surface area contributed by atoms with Crippen molar-refractivity contribution in [3.63, 3.8) is 0 Å². The number of nitrogens with zero attached hydrogens (tertiary/aromatic N) is 3. The summed E-state index contributed by atoms with van der Waals surface area (Å²) in [6.07, 6.45) is 2.24. The topological polar surface area (TPSA) is 76.9 Å². The number of halogens is 1. The number of carbonyl (C=O) groups is 2. The zero-order chi connectivity index (χ0) is 22.1. The molecule has 156 valence electrons. The third kappa shape index (κ3) is 3.94. The van der Waals surface area contributed by atoms with Crippen LogP contribution in [-0.2, 0) is 0 Å². The lowest BCUT2D eigenvalue weighted by Gasteiger charge is -2.10. The molecule has 2 aromatic carbocycles. The predicted octanol–water partition coefficient (Wildman–Crippen LogP) is 5.57. The van der Waals surface area contributed by atoms with Gasteiger partial charge in [-0.2, -0.15) is 5.10 Å². The molecule has 0 radical (unpaired) electrons. The maximum absolute atomic E-state index is 12.9. The average Bonchev–Trinajstić information content (AvgIpc) is 3.11. The van der Waals surface area contributed by atoms with Crippen molar-refractivity contribution in [2.24, 2.45) is 0 Å². The standard InChI is InChI=1S/C24H21ClN4O2/c1-14(2)17-6-8-18(9-7-17)27-24(31)20-12-26-23-21(22(20)25)15(3)28-29(23)19-10-4-16(13-30)5-11-19/h4-14H,1-3H3,(H,27,31). The van der Waals surface area contributed by atoms with Crippen molar-refractivity contribution in [1.82, 2.24) is 14.8 Å². The molecule has 0 aliphatic rings. The van der Waals surface area contributed by atoms with E-state index >= 15 is 0 Å². The van der Waals surface area contributed by atoms with Crippen LogP contribution in [0.3, 0.4) is 0 Å². The third-order valence-corrected chi connectivity index (χ3v) is 5.55. The highest BCUT2D eigenvalue weighted by Crippen LogP contribution is 2.30. The molecular weight excluding hydrogens is 412 g/mol. The maximum Gasteiger partial charge on any atom is 0.258 e. The molecule has 0 saturated heterocycles. The van der Waals surface area contributed by atoms with Gasteiger partial charge in [0.15, 0.2) is 5.65 Å². The number of anilines is 1. The van der Waals surface area contributed by atoms with Crippen molar-refractivity contribution in [2.75, 3.05) is 5.32 Å². The molecule has 0 saturated carbocycles. The molecule has 0 atom stereocenters. The predicted molar refractivity (Wildman–Crippen MR) is 122 cm³/mol. The van der Waals surface area contributed by atoms with Gasteiger partial charge in [0.2, 0.25) is 0 Å². The van der Waals surface area contributed by atoms with Gasteiger partial charge in [0.05, 0.1) is 27.4 Å². The molecule has 1 N–H and O–H groups in total. The number of fused-ring (bicyclic) bond motifs is 1.